The van der Waals surface area contributed by atoms with Gasteiger partial charge in [0.1, 0.15) is 39.2 Å². The highest BCUT2D eigenvalue weighted by atomic mass is 32.2. The van der Waals surface area contributed by atoms with E-state index in [9.17, 15) is 35.3 Å². The lowest BCUT2D eigenvalue weighted by molar-refractivity contribution is -0.434. The van der Waals surface area contributed by atoms with Crippen molar-refractivity contribution in [2.45, 2.75) is 14.7 Å². The third-order valence-electron chi connectivity index (χ3n) is 7.13. The maximum Gasteiger partial charge on any atom is 0.313 e. The normalized spacial score (nSPS) is 12.2. The summed E-state index contributed by atoms with van der Waals surface area (Å²) in [7, 11) is -7.61. The number of azo groups is 2. The number of anilines is 3. The van der Waals surface area contributed by atoms with Gasteiger partial charge in [-0.05, 0) is 54.6 Å². The first-order valence-corrected chi connectivity index (χ1v) is 19.5. The van der Waals surface area contributed by atoms with Gasteiger partial charge in [-0.2, -0.15) is 27.2 Å². The van der Waals surface area contributed by atoms with Gasteiger partial charge in [0.05, 0.1) is 47.0 Å². The smallest absolute Gasteiger partial charge is 0.313 e. The fraction of sp³-hybridized carbons (Fsp3) is 0.103. The van der Waals surface area contributed by atoms with Crippen LogP contribution < -0.4 is 15.8 Å². The maximum atomic E-state index is 13.6. The van der Waals surface area contributed by atoms with Crippen molar-refractivity contribution in [3.63, 3.8) is 0 Å². The van der Waals surface area contributed by atoms with Gasteiger partial charge in [-0.3, -0.25) is 8.74 Å². The molecule has 0 spiro atoms. The van der Waals surface area contributed by atoms with Gasteiger partial charge in [-0.25, -0.2) is 18.9 Å². The molecule has 0 atom stereocenters. The highest BCUT2D eigenvalue weighted by Crippen LogP contribution is 2.48. The van der Waals surface area contributed by atoms with Crippen LogP contribution in [0.2, 0.25) is 0 Å². The number of benzene rings is 4. The number of nitrogens with two attached hydrogens (primary N) is 1. The Bertz CT molecular complexity index is 2550. The number of aromatic hydroxyl groups is 1. The number of aromatic nitrogens is 2. The van der Waals surface area contributed by atoms with Crippen LogP contribution in [-0.4, -0.2) is 66.4 Å². The molecule has 0 aliphatic carbocycles. The molecule has 7 N–H and O–H groups in total. The molecule has 0 saturated heterocycles. The highest BCUT2D eigenvalue weighted by molar-refractivity contribution is 7.94. The lowest BCUT2D eigenvalue weighted by Gasteiger charge is -2.12. The number of nitrogens with zero attached hydrogens (tertiary/aromatic N) is 6. The van der Waals surface area contributed by atoms with Crippen LogP contribution in [0.5, 0.6) is 11.5 Å². The molecule has 5 rings (SSSR count). The first-order valence-electron chi connectivity index (χ1n) is 15.0. The number of fused-ring (bicyclic) bond motifs is 1. The Morgan fingerprint density at radius 2 is 1.60 bits per heavy atom. The average molecular weight is 875 g/mol. The second kappa shape index (κ2) is 18.8. The Balaban J connectivity index is 1.56. The first kappa shape index (κ1) is 42.9. The molecule has 28 heteroatoms. The summed E-state index contributed by atoms with van der Waals surface area (Å²) in [4.78, 5) is 5.15. The molecule has 0 fully saturated rings. The van der Waals surface area contributed by atoms with E-state index < -0.39 is 59.8 Å². The summed E-state index contributed by atoms with van der Waals surface area (Å²) in [5.41, 5.74) is 5.13. The standard InChI is InChI=1S/C29H24F2N8O14S4/c1-48-21-6-3-15(56(43,44)9-8-49-55-53-51-42)11-19(21)36-38-26-17-12-22(54-52-50-41)27(28(40)16(17)4-5-18(26)32)39-37-20-10-14(2-7-23(20)57(45,46)47)33-25-13-24(30)34-29(31)35-25/h2-7,10-13,40-42H,8-9,32H2,1H3,(H,33,34,35)(H,45,46,47). The number of phenolic OH excluding ortho intramolecular Hbond substituents is 1. The molecule has 0 radical (unpaired) electrons. The molecule has 302 valence electrons. The van der Waals surface area contributed by atoms with Crippen molar-refractivity contribution in [3.05, 3.63) is 72.7 Å². The summed E-state index contributed by atoms with van der Waals surface area (Å²) in [6.07, 6.45) is -1.40. The molecule has 0 aliphatic heterocycles. The van der Waals surface area contributed by atoms with Crippen LogP contribution in [0, 0.1) is 12.0 Å². The van der Waals surface area contributed by atoms with Crippen LogP contribution in [-0.2, 0) is 42.9 Å². The predicted molar refractivity (Wildman–Crippen MR) is 194 cm³/mol. The fourth-order valence-electron chi connectivity index (χ4n) is 4.71. The lowest BCUT2D eigenvalue weighted by atomic mass is 10.1. The van der Waals surface area contributed by atoms with E-state index in [1.165, 1.54) is 43.5 Å². The number of sulfone groups is 1. The number of rotatable bonds is 18. The van der Waals surface area contributed by atoms with Crippen molar-refractivity contribution < 1.29 is 73.5 Å². The quantitative estimate of drug-likeness (QED) is 0.00582. The zero-order valence-corrected chi connectivity index (χ0v) is 31.5. The summed E-state index contributed by atoms with van der Waals surface area (Å²) in [6.45, 7) is -0.359. The van der Waals surface area contributed by atoms with Crippen LogP contribution in [0.4, 0.5) is 48.7 Å². The van der Waals surface area contributed by atoms with Crippen LogP contribution in [0.1, 0.15) is 0 Å². The van der Waals surface area contributed by atoms with Gasteiger partial charge in [-0.15, -0.1) is 29.1 Å². The largest absolute Gasteiger partial charge is 0.505 e. The molecule has 0 bridgehead atoms. The number of hydrogen-bond donors (Lipinski definition) is 6. The van der Waals surface area contributed by atoms with Crippen LogP contribution in [0.25, 0.3) is 10.8 Å². The molecule has 0 aliphatic rings. The van der Waals surface area contributed by atoms with Gasteiger partial charge < -0.3 is 20.9 Å². The first-order chi connectivity index (χ1) is 27.1. The summed E-state index contributed by atoms with van der Waals surface area (Å²) in [5, 5.41) is 54.3. The maximum absolute atomic E-state index is 13.6. The van der Waals surface area contributed by atoms with E-state index in [2.05, 4.69) is 54.5 Å². The minimum Gasteiger partial charge on any atom is -0.505 e. The monoisotopic (exact) mass is 874 g/mol. The molecule has 22 nitrogen and oxygen atoms in total. The number of hydrogen-bond acceptors (Lipinski definition) is 23. The molecule has 0 saturated carbocycles. The summed E-state index contributed by atoms with van der Waals surface area (Å²) in [5.74, 6) is -2.61. The Hall–Kier alpha value is -5.24. The second-order valence-corrected chi connectivity index (χ2v) is 15.4. The third kappa shape index (κ3) is 10.8. The summed E-state index contributed by atoms with van der Waals surface area (Å²) >= 11 is 0.491. The zero-order chi connectivity index (χ0) is 41.3. The van der Waals surface area contributed by atoms with E-state index in [1.807, 2.05) is 0 Å². The van der Waals surface area contributed by atoms with Crippen molar-refractivity contribution >= 4 is 95.0 Å². The topological polar surface area (TPSA) is 318 Å². The minimum atomic E-state index is -4.95. The van der Waals surface area contributed by atoms with E-state index in [0.29, 0.717) is 0 Å². The summed E-state index contributed by atoms with van der Waals surface area (Å²) < 4.78 is 106. The van der Waals surface area contributed by atoms with Gasteiger partial charge in [0.2, 0.25) is 5.95 Å². The third-order valence-corrected chi connectivity index (χ3v) is 10.7. The van der Waals surface area contributed by atoms with E-state index >= 15 is 0 Å². The van der Waals surface area contributed by atoms with Gasteiger partial charge >= 0.3 is 6.08 Å². The van der Waals surface area contributed by atoms with Gasteiger partial charge in [0.25, 0.3) is 10.1 Å². The van der Waals surface area contributed by atoms with E-state index in [1.54, 1.807) is 0 Å². The lowest BCUT2D eigenvalue weighted by Crippen LogP contribution is -2.11. The average Bonchev–Trinajstić information content (AvgIpc) is 3.15. The molecule has 57 heavy (non-hydrogen) atoms. The molecule has 1 heterocycles. The highest BCUT2D eigenvalue weighted by Gasteiger charge is 2.22. The Kier molecular flexibility index (Phi) is 14.1. The molecular formula is C29H24F2N8O14S4. The number of ether oxygens (including phenoxy) is 1. The van der Waals surface area contributed by atoms with Crippen molar-refractivity contribution in [1.29, 1.82) is 0 Å². The van der Waals surface area contributed by atoms with Crippen molar-refractivity contribution in [2.24, 2.45) is 20.5 Å². The fourth-order valence-corrected chi connectivity index (χ4v) is 7.23. The molecular weight excluding hydrogens is 851 g/mol. The van der Waals surface area contributed by atoms with Crippen molar-refractivity contribution in [3.8, 4) is 11.5 Å². The van der Waals surface area contributed by atoms with Crippen molar-refractivity contribution in [1.82, 2.24) is 9.97 Å². The van der Waals surface area contributed by atoms with Crippen molar-refractivity contribution in [2.75, 3.05) is 30.5 Å². The van der Waals surface area contributed by atoms with E-state index in [-0.39, 0.29) is 85.9 Å². The Morgan fingerprint density at radius 3 is 2.30 bits per heavy atom. The number of nitrogens with one attached hydrogen (secondary N) is 1. The summed E-state index contributed by atoms with van der Waals surface area (Å²) in [6, 6.07) is 11.5. The zero-order valence-electron chi connectivity index (χ0n) is 28.2. The molecule has 0 amide bonds. The van der Waals surface area contributed by atoms with Gasteiger partial charge in [-0.1, -0.05) is 10.1 Å². The number of nitrogen functional groups attached to an aromatic ring is 1. The number of methoxy groups -OCH3 is 1. The minimum absolute atomic E-state index is 0.00679. The van der Waals surface area contributed by atoms with Crippen LogP contribution >= 0.6 is 24.4 Å². The molecule has 5 aromatic rings. The second-order valence-electron chi connectivity index (χ2n) is 10.6. The molecule has 0 unspecified atom stereocenters. The van der Waals surface area contributed by atoms with Gasteiger partial charge in [0.15, 0.2) is 27.9 Å². The van der Waals surface area contributed by atoms with E-state index in [4.69, 9.17) is 25.2 Å². The van der Waals surface area contributed by atoms with Crippen LogP contribution in [0.15, 0.2) is 95.8 Å². The van der Waals surface area contributed by atoms with Gasteiger partial charge in [0, 0.05) is 22.5 Å². The predicted octanol–water partition coefficient (Wildman–Crippen LogP) is 7.23. The Labute approximate surface area is 327 Å². The molecule has 1 aromatic heterocycles. The number of halogens is 2. The number of phenols is 1. The van der Waals surface area contributed by atoms with Crippen LogP contribution in [0.3, 0.4) is 0 Å². The van der Waals surface area contributed by atoms with E-state index in [0.717, 1.165) is 24.3 Å². The Morgan fingerprint density at radius 1 is 0.860 bits per heavy atom. The SMILES string of the molecule is COc1ccc(S(=O)(=O)CCOSOOO)cc1N=Nc1c(N)ccc2c(O)c(N=Nc3cc(Nc4cc(F)nc(F)n4)ccc3S(=O)(=O)O)c(SOOO)cc12. The molecule has 4 aromatic carbocycles.